The van der Waals surface area contributed by atoms with Gasteiger partial charge in [-0.2, -0.15) is 0 Å². The van der Waals surface area contributed by atoms with E-state index in [9.17, 15) is 9.59 Å². The van der Waals surface area contributed by atoms with Gasteiger partial charge in [0, 0.05) is 17.0 Å². The summed E-state index contributed by atoms with van der Waals surface area (Å²) in [5.41, 5.74) is 1.86. The van der Waals surface area contributed by atoms with Gasteiger partial charge in [-0.15, -0.1) is 22.7 Å². The van der Waals surface area contributed by atoms with Crippen LogP contribution in [0.25, 0.3) is 16.2 Å². The number of hydrogen-bond acceptors (Lipinski definition) is 7. The number of methoxy groups -OCH3 is 1. The topological polar surface area (TPSA) is 85.6 Å². The van der Waals surface area contributed by atoms with Crippen LogP contribution >= 0.6 is 22.7 Å². The zero-order valence-corrected chi connectivity index (χ0v) is 16.1. The molecule has 1 N–H and O–H groups in total. The Hall–Kier alpha value is -3.04. The van der Waals surface area contributed by atoms with Gasteiger partial charge < -0.3 is 4.74 Å². The molecule has 1 amide bonds. The molecule has 0 spiro atoms. The number of ether oxygens (including phenoxy) is 1. The first kappa shape index (κ1) is 17.4. The zero-order chi connectivity index (χ0) is 19.0. The molecule has 3 heterocycles. The molecule has 9 heteroatoms. The molecule has 7 nitrogen and oxygen atoms in total. The largest absolute Gasteiger partial charge is 0.497 e. The van der Waals surface area contributed by atoms with Gasteiger partial charge in [0.25, 0.3) is 11.5 Å². The fraction of sp³-hybridized carbons (Fsp3) is 0.111. The summed E-state index contributed by atoms with van der Waals surface area (Å²) in [4.78, 5) is 34.5. The number of nitrogens with one attached hydrogen (secondary N) is 1. The predicted molar refractivity (Wildman–Crippen MR) is 106 cm³/mol. The van der Waals surface area contributed by atoms with Crippen molar-refractivity contribution in [2.24, 2.45) is 0 Å². The van der Waals surface area contributed by atoms with E-state index in [1.807, 2.05) is 41.9 Å². The van der Waals surface area contributed by atoms with Crippen molar-refractivity contribution >= 4 is 38.7 Å². The minimum absolute atomic E-state index is 0.0338. The Morgan fingerprint density at radius 1 is 1.19 bits per heavy atom. The monoisotopic (exact) mass is 398 g/mol. The molecule has 27 heavy (non-hydrogen) atoms. The number of carbonyl (C=O) groups excluding carboxylic acids is 1. The average Bonchev–Trinajstić information content (AvgIpc) is 3.28. The molecular weight excluding hydrogens is 384 g/mol. The molecular formula is C18H14N4O3S2. The third-order valence-corrected chi connectivity index (χ3v) is 5.63. The lowest BCUT2D eigenvalue weighted by molar-refractivity contribution is 0.102. The van der Waals surface area contributed by atoms with Gasteiger partial charge in [0.15, 0.2) is 10.1 Å². The van der Waals surface area contributed by atoms with Crippen molar-refractivity contribution in [2.75, 3.05) is 12.4 Å². The number of rotatable bonds is 4. The van der Waals surface area contributed by atoms with E-state index >= 15 is 0 Å². The van der Waals surface area contributed by atoms with Gasteiger partial charge in [-0.05, 0) is 36.8 Å². The highest BCUT2D eigenvalue weighted by atomic mass is 32.1. The molecule has 0 radical (unpaired) electrons. The van der Waals surface area contributed by atoms with E-state index in [0.717, 1.165) is 17.0 Å². The molecule has 0 bridgehead atoms. The maximum Gasteiger partial charge on any atom is 0.271 e. The van der Waals surface area contributed by atoms with Crippen LogP contribution in [0.5, 0.6) is 5.75 Å². The van der Waals surface area contributed by atoms with Crippen molar-refractivity contribution in [2.45, 2.75) is 6.92 Å². The van der Waals surface area contributed by atoms with Gasteiger partial charge in [-0.3, -0.25) is 19.3 Å². The third-order valence-electron chi connectivity index (χ3n) is 3.92. The Labute approximate surface area is 161 Å². The lowest BCUT2D eigenvalue weighted by Gasteiger charge is -2.05. The maximum atomic E-state index is 13.0. The molecule has 0 atom stereocenters. The maximum absolute atomic E-state index is 13.0. The van der Waals surface area contributed by atoms with Crippen LogP contribution in [0.3, 0.4) is 0 Å². The Kier molecular flexibility index (Phi) is 4.46. The standard InChI is InChI=1S/C18H14N4O3S2/c1-10-8-26-17(20-10)21-15(23)13-7-19-18-22(16(13)24)14(9-27-18)11-3-5-12(25-2)6-4-11/h3-9H,1-2H3,(H,20,21,23). The molecule has 0 unspecified atom stereocenters. The Morgan fingerprint density at radius 3 is 2.63 bits per heavy atom. The SMILES string of the molecule is COc1ccc(-c2csc3ncc(C(=O)Nc4nc(C)cs4)c(=O)n23)cc1. The zero-order valence-electron chi connectivity index (χ0n) is 14.4. The number of amides is 1. The lowest BCUT2D eigenvalue weighted by atomic mass is 10.1. The minimum Gasteiger partial charge on any atom is -0.497 e. The number of fused-ring (bicyclic) bond motifs is 1. The van der Waals surface area contributed by atoms with Crippen LogP contribution in [0.4, 0.5) is 5.13 Å². The molecule has 4 aromatic rings. The second-order valence-corrected chi connectivity index (χ2v) is 7.39. The van der Waals surface area contributed by atoms with Crippen molar-refractivity contribution in [1.82, 2.24) is 14.4 Å². The molecule has 0 saturated heterocycles. The van der Waals surface area contributed by atoms with Crippen LogP contribution in [-0.2, 0) is 0 Å². The van der Waals surface area contributed by atoms with Crippen LogP contribution in [0.15, 0.2) is 46.0 Å². The molecule has 0 aliphatic heterocycles. The number of aromatic nitrogens is 3. The smallest absolute Gasteiger partial charge is 0.271 e. The number of carbonyl (C=O) groups is 1. The first-order valence-electron chi connectivity index (χ1n) is 7.94. The van der Waals surface area contributed by atoms with Crippen molar-refractivity contribution in [3.8, 4) is 17.0 Å². The van der Waals surface area contributed by atoms with E-state index in [-0.39, 0.29) is 5.56 Å². The van der Waals surface area contributed by atoms with Crippen molar-refractivity contribution < 1.29 is 9.53 Å². The van der Waals surface area contributed by atoms with Gasteiger partial charge in [0.05, 0.1) is 18.5 Å². The summed E-state index contributed by atoms with van der Waals surface area (Å²) in [5, 5.41) is 6.77. The normalized spacial score (nSPS) is 10.9. The van der Waals surface area contributed by atoms with E-state index in [1.165, 1.54) is 33.3 Å². The number of aryl methyl sites for hydroxylation is 1. The van der Waals surface area contributed by atoms with Gasteiger partial charge in [0.2, 0.25) is 0 Å². The average molecular weight is 398 g/mol. The summed E-state index contributed by atoms with van der Waals surface area (Å²) >= 11 is 2.64. The second-order valence-electron chi connectivity index (χ2n) is 5.69. The van der Waals surface area contributed by atoms with E-state index in [1.54, 1.807) is 7.11 Å². The van der Waals surface area contributed by atoms with Gasteiger partial charge in [0.1, 0.15) is 11.3 Å². The number of nitrogens with zero attached hydrogens (tertiary/aromatic N) is 3. The first-order chi connectivity index (χ1) is 13.1. The van der Waals surface area contributed by atoms with Crippen LogP contribution in [0.1, 0.15) is 16.1 Å². The van der Waals surface area contributed by atoms with Crippen LogP contribution in [0.2, 0.25) is 0 Å². The molecule has 4 rings (SSSR count). The van der Waals surface area contributed by atoms with Crippen LogP contribution in [0, 0.1) is 6.92 Å². The summed E-state index contributed by atoms with van der Waals surface area (Å²) in [6.07, 6.45) is 1.31. The van der Waals surface area contributed by atoms with Crippen molar-refractivity contribution in [3.05, 3.63) is 62.8 Å². The molecule has 0 saturated carbocycles. The van der Waals surface area contributed by atoms with E-state index in [2.05, 4.69) is 15.3 Å². The second kappa shape index (κ2) is 6.93. The Balaban J connectivity index is 1.76. The Bertz CT molecular complexity index is 1190. The van der Waals surface area contributed by atoms with Crippen LogP contribution < -0.4 is 15.6 Å². The number of thiazole rings is 2. The van der Waals surface area contributed by atoms with Crippen molar-refractivity contribution in [3.63, 3.8) is 0 Å². The first-order valence-corrected chi connectivity index (χ1v) is 9.70. The summed E-state index contributed by atoms with van der Waals surface area (Å²) in [5.74, 6) is 0.200. The summed E-state index contributed by atoms with van der Waals surface area (Å²) < 4.78 is 6.62. The third kappa shape index (κ3) is 3.22. The van der Waals surface area contributed by atoms with E-state index in [0.29, 0.717) is 15.8 Å². The molecule has 136 valence electrons. The summed E-state index contributed by atoms with van der Waals surface area (Å²) in [6.45, 7) is 1.83. The minimum atomic E-state index is -0.525. The predicted octanol–water partition coefficient (Wildman–Crippen LogP) is 3.45. The highest BCUT2D eigenvalue weighted by Gasteiger charge is 2.18. The summed E-state index contributed by atoms with van der Waals surface area (Å²) in [6, 6.07) is 7.35. The highest BCUT2D eigenvalue weighted by Crippen LogP contribution is 2.26. The fourth-order valence-electron chi connectivity index (χ4n) is 2.59. The van der Waals surface area contributed by atoms with Crippen molar-refractivity contribution in [1.29, 1.82) is 0 Å². The molecule has 3 aromatic heterocycles. The lowest BCUT2D eigenvalue weighted by Crippen LogP contribution is -2.26. The molecule has 0 aliphatic carbocycles. The fourth-order valence-corrected chi connectivity index (χ4v) is 4.13. The van der Waals surface area contributed by atoms with Gasteiger partial charge in [-0.1, -0.05) is 0 Å². The molecule has 0 aliphatic rings. The van der Waals surface area contributed by atoms with Crippen LogP contribution in [-0.4, -0.2) is 27.4 Å². The summed E-state index contributed by atoms with van der Waals surface area (Å²) in [7, 11) is 1.60. The number of anilines is 1. The molecule has 0 fully saturated rings. The molecule has 1 aromatic carbocycles. The van der Waals surface area contributed by atoms with E-state index < -0.39 is 11.5 Å². The number of benzene rings is 1. The quantitative estimate of drug-likeness (QED) is 0.569. The Morgan fingerprint density at radius 2 is 1.96 bits per heavy atom. The van der Waals surface area contributed by atoms with E-state index in [4.69, 9.17) is 4.74 Å². The number of hydrogen-bond donors (Lipinski definition) is 1. The highest BCUT2D eigenvalue weighted by molar-refractivity contribution is 7.15. The van der Waals surface area contributed by atoms with Gasteiger partial charge in [-0.25, -0.2) is 9.97 Å². The van der Waals surface area contributed by atoms with Gasteiger partial charge >= 0.3 is 0 Å².